The predicted octanol–water partition coefficient (Wildman–Crippen LogP) is 33.7. The lowest BCUT2D eigenvalue weighted by Crippen LogP contribution is -1.95. The normalized spacial score (nSPS) is 12.1. The van der Waals surface area contributed by atoms with Crippen LogP contribution in [0.3, 0.4) is 0 Å². The van der Waals surface area contributed by atoms with Crippen molar-refractivity contribution in [3.05, 3.63) is 461 Å². The molecule has 0 atom stereocenters. The van der Waals surface area contributed by atoms with Gasteiger partial charge in [0.15, 0.2) is 0 Å². The number of nitrogens with zero attached hydrogens (tertiary/aromatic N) is 4. The van der Waals surface area contributed by atoms with E-state index in [-0.39, 0.29) is 0 Å². The summed E-state index contributed by atoms with van der Waals surface area (Å²) in [6, 6.07) is 170. The van der Waals surface area contributed by atoms with E-state index in [1.807, 2.05) is 0 Å². The Morgan fingerprint density at radius 2 is 0.406 bits per heavy atom. The van der Waals surface area contributed by atoms with Gasteiger partial charge in [-0.05, 0) is 247 Å². The molecule has 2 aliphatic carbocycles. The molecule has 0 radical (unpaired) electrons. The van der Waals surface area contributed by atoms with Gasteiger partial charge in [-0.2, -0.15) is 0 Å². The van der Waals surface area contributed by atoms with Crippen LogP contribution < -0.4 is 0 Å². The van der Waals surface area contributed by atoms with Gasteiger partial charge < -0.3 is 18.3 Å². The van der Waals surface area contributed by atoms with E-state index in [1.165, 1.54) is 253 Å². The van der Waals surface area contributed by atoms with Crippen molar-refractivity contribution in [1.29, 1.82) is 0 Å². The van der Waals surface area contributed by atoms with Crippen LogP contribution in [0.4, 0.5) is 0 Å². The lowest BCUT2D eigenvalue weighted by Gasteiger charge is -2.13. The first kappa shape index (κ1) is 71.6. The van der Waals surface area contributed by atoms with Gasteiger partial charge in [-0.3, -0.25) is 0 Å². The van der Waals surface area contributed by atoms with Gasteiger partial charge in [-0.15, -0.1) is 0 Å². The van der Waals surface area contributed by atoms with Crippen LogP contribution in [0.15, 0.2) is 461 Å². The molecule has 0 saturated carbocycles. The maximum absolute atomic E-state index is 2.48. The Hall–Kier alpha value is -16.9. The highest BCUT2D eigenvalue weighted by Crippen LogP contribution is 2.53. The molecule has 592 valence electrons. The molecular weight excluding hydrogens is 1550 g/mol. The van der Waals surface area contributed by atoms with Gasteiger partial charge in [0.2, 0.25) is 0 Å². The van der Waals surface area contributed by atoms with Crippen LogP contribution in [0.2, 0.25) is 0 Å². The summed E-state index contributed by atoms with van der Waals surface area (Å²) in [6.45, 7) is 0. The molecule has 0 aliphatic heterocycles. The van der Waals surface area contributed by atoms with Gasteiger partial charge in [0.05, 0.1) is 44.1 Å². The molecule has 2 aliphatic rings. The highest BCUT2D eigenvalue weighted by molar-refractivity contribution is 6.24. The van der Waals surface area contributed by atoms with Crippen LogP contribution in [-0.4, -0.2) is 18.3 Å². The first-order chi connectivity index (χ1) is 63.5. The Morgan fingerprint density at radius 3 is 0.875 bits per heavy atom. The van der Waals surface area contributed by atoms with E-state index >= 15 is 0 Å². The molecule has 4 nitrogen and oxygen atoms in total. The summed E-state index contributed by atoms with van der Waals surface area (Å²) in [5.41, 5.74) is 39.5. The second-order valence-corrected chi connectivity index (χ2v) is 34.5. The molecule has 26 aromatic rings. The molecule has 22 aromatic carbocycles. The van der Waals surface area contributed by atoms with Gasteiger partial charge in [0.25, 0.3) is 0 Å². The topological polar surface area (TPSA) is 19.7 Å². The monoisotopic (exact) mass is 1620 g/mol. The fourth-order valence-corrected chi connectivity index (χ4v) is 21.9. The molecular formula is C124H76N4. The zero-order valence-corrected chi connectivity index (χ0v) is 69.7. The maximum atomic E-state index is 2.48. The minimum absolute atomic E-state index is 1.14. The van der Waals surface area contributed by atoms with E-state index in [4.69, 9.17) is 0 Å². The number of benzene rings is 22. The summed E-state index contributed by atoms with van der Waals surface area (Å²) in [6.07, 6.45) is 0. The molecule has 4 heteroatoms. The van der Waals surface area contributed by atoms with E-state index in [2.05, 4.69) is 479 Å². The molecule has 0 amide bonds. The quantitative estimate of drug-likeness (QED) is 0.130. The number of aromatic nitrogens is 4. The van der Waals surface area contributed by atoms with Crippen LogP contribution >= 0.6 is 0 Å². The Kier molecular flexibility index (Phi) is 15.8. The third-order valence-corrected chi connectivity index (χ3v) is 27.7. The molecule has 0 unspecified atom stereocenters. The van der Waals surface area contributed by atoms with Crippen molar-refractivity contribution in [2.45, 2.75) is 0 Å². The van der Waals surface area contributed by atoms with Crippen molar-refractivity contribution in [2.75, 3.05) is 0 Å². The van der Waals surface area contributed by atoms with E-state index < -0.39 is 0 Å². The Morgan fingerprint density at radius 1 is 0.117 bits per heavy atom. The van der Waals surface area contributed by atoms with E-state index in [0.717, 1.165) is 11.4 Å². The average Bonchev–Trinajstić information content (AvgIpc) is 1.58. The fraction of sp³-hybridized carbons (Fsp3) is 0. The smallest absolute Gasteiger partial charge is 0.0619 e. The van der Waals surface area contributed by atoms with Gasteiger partial charge in [-0.25, -0.2) is 0 Å². The minimum atomic E-state index is 1.14. The van der Waals surface area contributed by atoms with Crippen LogP contribution in [0, 0.1) is 0 Å². The average molecular weight is 1620 g/mol. The molecule has 4 aromatic heterocycles. The third kappa shape index (κ3) is 11.0. The molecule has 0 bridgehead atoms. The van der Waals surface area contributed by atoms with Gasteiger partial charge in [-0.1, -0.05) is 358 Å². The number of hydrogen-bond acceptors (Lipinski definition) is 0. The zero-order valence-electron chi connectivity index (χ0n) is 69.7. The highest BCUT2D eigenvalue weighted by Gasteiger charge is 2.27. The molecule has 0 spiro atoms. The van der Waals surface area contributed by atoms with E-state index in [9.17, 15) is 0 Å². The molecule has 0 saturated heterocycles. The Balaban J connectivity index is 0.000000132. The first-order valence-electron chi connectivity index (χ1n) is 44.3. The third-order valence-electron chi connectivity index (χ3n) is 27.7. The van der Waals surface area contributed by atoms with Gasteiger partial charge in [0, 0.05) is 76.6 Å². The second-order valence-electron chi connectivity index (χ2n) is 34.5. The number of fused-ring (bicyclic) bond motifs is 22. The molecule has 128 heavy (non-hydrogen) atoms. The maximum Gasteiger partial charge on any atom is 0.0619 e. The molecule has 0 fully saturated rings. The molecule has 28 rings (SSSR count). The second kappa shape index (κ2) is 28.3. The highest BCUT2D eigenvalue weighted by atomic mass is 15.0. The van der Waals surface area contributed by atoms with E-state index in [0.29, 0.717) is 0 Å². The predicted molar refractivity (Wildman–Crippen MR) is 542 cm³/mol. The number of para-hydroxylation sites is 4. The van der Waals surface area contributed by atoms with Gasteiger partial charge in [0.1, 0.15) is 0 Å². The standard InChI is InChI=1S/2C62H38N2/c1-2-14-45(15-3-1)63-58-23-9-8-20-51(58)52-31-29-44(38-60(52)63)43-30-35-59-57(37-43)56-32-28-40-12-4-5-17-48(40)62(56)64(59)46-16-10-13-42(36-46)39-24-26-41(27-25-39)47-33-34-55-50-19-7-6-18-49(50)54-22-11-21-53(47)61(54)55;1-2-14-45(15-3-1)63-58-23-9-8-20-51(58)56-37-43(29-34-59(56)63)44-30-35-60-57(38-44)55-31-28-40-12-4-5-17-48(40)62(55)64(60)46-16-10-13-42(36-46)39-24-26-41(27-25-39)47-32-33-54-50-19-7-6-18-49(50)53-22-11-21-52(47)61(53)54/h2*1-38H. The Labute approximate surface area is 738 Å². The number of rotatable bonds is 10. The molecule has 0 N–H and O–H groups in total. The Bertz CT molecular complexity index is 9110. The number of hydrogen-bond donors (Lipinski definition) is 0. The summed E-state index contributed by atoms with van der Waals surface area (Å²) in [5.74, 6) is 0. The van der Waals surface area contributed by atoms with Crippen molar-refractivity contribution in [2.24, 2.45) is 0 Å². The van der Waals surface area contributed by atoms with Crippen molar-refractivity contribution in [1.82, 2.24) is 18.3 Å². The van der Waals surface area contributed by atoms with Crippen molar-refractivity contribution in [3.63, 3.8) is 0 Å². The summed E-state index contributed by atoms with van der Waals surface area (Å²) < 4.78 is 9.75. The van der Waals surface area contributed by atoms with Crippen LogP contribution in [0.25, 0.3) is 264 Å². The lowest BCUT2D eigenvalue weighted by molar-refractivity contribution is 1.18. The van der Waals surface area contributed by atoms with Crippen molar-refractivity contribution >= 4 is 130 Å². The first-order valence-corrected chi connectivity index (χ1v) is 44.3. The zero-order chi connectivity index (χ0) is 83.8. The summed E-state index contributed by atoms with van der Waals surface area (Å²) in [4.78, 5) is 0. The van der Waals surface area contributed by atoms with Gasteiger partial charge >= 0.3 is 0 Å². The molecule has 4 heterocycles. The summed E-state index contributed by atoms with van der Waals surface area (Å²) >= 11 is 0. The van der Waals surface area contributed by atoms with Crippen molar-refractivity contribution < 1.29 is 0 Å². The van der Waals surface area contributed by atoms with Crippen LogP contribution in [-0.2, 0) is 0 Å². The summed E-state index contributed by atoms with van der Waals surface area (Å²) in [5, 5.41) is 20.3. The van der Waals surface area contributed by atoms with Crippen LogP contribution in [0.1, 0.15) is 0 Å². The summed E-state index contributed by atoms with van der Waals surface area (Å²) in [7, 11) is 0. The largest absolute Gasteiger partial charge is 0.309 e. The SMILES string of the molecule is c1ccc(-n2c3ccccc3c3cc(-c4ccc5c(c4)c4ccc6ccccc6c4n5-c4cccc(-c5ccc(-c6ccc7c8c(cccc68)-c6ccccc6-7)cc5)c4)ccc32)cc1.c1ccc(-n2c3ccccc3c3ccc(-c4ccc5c(c4)c4ccc6ccccc6c4n5-c4cccc(-c5ccc(-c6ccc7c8c(cccc68)-c6ccccc6-7)cc5)c4)cc32)cc1. The van der Waals surface area contributed by atoms with Crippen LogP contribution in [0.5, 0.6) is 0 Å². The van der Waals surface area contributed by atoms with Crippen molar-refractivity contribution in [3.8, 4) is 134 Å². The minimum Gasteiger partial charge on any atom is -0.309 e. The van der Waals surface area contributed by atoms with E-state index in [1.54, 1.807) is 0 Å². The lowest BCUT2D eigenvalue weighted by atomic mass is 9.93. The fourth-order valence-electron chi connectivity index (χ4n) is 21.9.